The van der Waals surface area contributed by atoms with Crippen molar-refractivity contribution < 1.29 is 4.74 Å². The quantitative estimate of drug-likeness (QED) is 0.565. The van der Waals surface area contributed by atoms with Gasteiger partial charge in [0.25, 0.3) is 0 Å². The van der Waals surface area contributed by atoms with Gasteiger partial charge in [-0.1, -0.05) is 36.4 Å². The average Bonchev–Trinajstić information content (AvgIpc) is 3.19. The van der Waals surface area contributed by atoms with Crippen molar-refractivity contribution in [2.75, 3.05) is 12.4 Å². The molecule has 0 aliphatic carbocycles. The number of rotatable bonds is 5. The number of hydrogen-bond donors (Lipinski definition) is 2. The highest BCUT2D eigenvalue weighted by Crippen LogP contribution is 2.23. The second-order valence-corrected chi connectivity index (χ2v) is 5.63. The molecule has 26 heavy (non-hydrogen) atoms. The maximum Gasteiger partial charge on any atom is 0.227 e. The van der Waals surface area contributed by atoms with Crippen LogP contribution in [0.2, 0.25) is 0 Å². The molecule has 2 aromatic carbocycles. The van der Waals surface area contributed by atoms with Crippen molar-refractivity contribution in [2.24, 2.45) is 0 Å². The molecule has 0 radical (unpaired) electrons. The molecule has 0 bridgehead atoms. The highest BCUT2D eigenvalue weighted by Gasteiger charge is 2.08. The number of H-pyrrole nitrogens is 1. The van der Waals surface area contributed by atoms with E-state index in [0.717, 1.165) is 34.2 Å². The zero-order valence-corrected chi connectivity index (χ0v) is 14.2. The first kappa shape index (κ1) is 15.8. The Morgan fingerprint density at radius 3 is 2.69 bits per heavy atom. The summed E-state index contributed by atoms with van der Waals surface area (Å²) in [6, 6.07) is 19.4. The number of benzene rings is 2. The lowest BCUT2D eigenvalue weighted by Gasteiger charge is -2.07. The number of nitrogens with zero attached hydrogens (tertiary/aromatic N) is 3. The summed E-state index contributed by atoms with van der Waals surface area (Å²) < 4.78 is 5.24. The van der Waals surface area contributed by atoms with Gasteiger partial charge in [-0.05, 0) is 18.2 Å². The van der Waals surface area contributed by atoms with Crippen LogP contribution in [0.15, 0.2) is 73.1 Å². The van der Waals surface area contributed by atoms with E-state index in [0.29, 0.717) is 5.95 Å². The lowest BCUT2D eigenvalue weighted by molar-refractivity contribution is 0.415. The first-order valence-electron chi connectivity index (χ1n) is 8.17. The van der Waals surface area contributed by atoms with Crippen molar-refractivity contribution in [1.82, 2.24) is 19.9 Å². The average molecular weight is 343 g/mol. The number of ether oxygens (including phenoxy) is 1. The number of aromatic amines is 1. The van der Waals surface area contributed by atoms with E-state index in [9.17, 15) is 0 Å². The zero-order valence-electron chi connectivity index (χ0n) is 14.2. The van der Waals surface area contributed by atoms with E-state index >= 15 is 0 Å². The van der Waals surface area contributed by atoms with Crippen LogP contribution in [0, 0.1) is 0 Å². The minimum atomic E-state index is 0.506. The number of hydrogen-bond acceptors (Lipinski definition) is 5. The Balaban J connectivity index is 1.59. The van der Waals surface area contributed by atoms with Crippen molar-refractivity contribution in [2.45, 2.75) is 0 Å². The summed E-state index contributed by atoms with van der Waals surface area (Å²) in [6.45, 7) is 0. The van der Waals surface area contributed by atoms with Crippen LogP contribution in [-0.4, -0.2) is 27.0 Å². The Hall–Kier alpha value is -3.67. The van der Waals surface area contributed by atoms with E-state index in [1.807, 2.05) is 60.7 Å². The van der Waals surface area contributed by atoms with Gasteiger partial charge in [-0.2, -0.15) is 0 Å². The van der Waals surface area contributed by atoms with Gasteiger partial charge in [0.1, 0.15) is 11.6 Å². The number of anilines is 2. The summed E-state index contributed by atoms with van der Waals surface area (Å²) in [6.07, 6.45) is 3.49. The Labute approximate surface area is 150 Å². The minimum Gasteiger partial charge on any atom is -0.497 e. The molecule has 0 aliphatic rings. The summed E-state index contributed by atoms with van der Waals surface area (Å²) in [5.41, 5.74) is 3.48. The highest BCUT2D eigenvalue weighted by atomic mass is 16.5. The molecule has 0 fully saturated rings. The van der Waals surface area contributed by atoms with Gasteiger partial charge in [0.15, 0.2) is 0 Å². The molecule has 0 saturated carbocycles. The molecule has 0 aliphatic heterocycles. The molecule has 2 heterocycles. The molecule has 2 aromatic heterocycles. The molecule has 0 atom stereocenters. The predicted molar refractivity (Wildman–Crippen MR) is 101 cm³/mol. The molecule has 128 valence electrons. The normalized spacial score (nSPS) is 10.5. The van der Waals surface area contributed by atoms with E-state index in [4.69, 9.17) is 4.74 Å². The number of methoxy groups -OCH3 is 1. The van der Waals surface area contributed by atoms with Gasteiger partial charge in [0.2, 0.25) is 5.95 Å². The molecular formula is C20H17N5O. The fourth-order valence-electron chi connectivity index (χ4n) is 2.59. The Morgan fingerprint density at radius 1 is 0.962 bits per heavy atom. The smallest absolute Gasteiger partial charge is 0.227 e. The summed E-state index contributed by atoms with van der Waals surface area (Å²) >= 11 is 0. The third kappa shape index (κ3) is 3.39. The van der Waals surface area contributed by atoms with Crippen LogP contribution in [0.4, 0.5) is 11.6 Å². The van der Waals surface area contributed by atoms with Gasteiger partial charge in [0, 0.05) is 23.5 Å². The first-order chi connectivity index (χ1) is 12.8. The van der Waals surface area contributed by atoms with E-state index in [-0.39, 0.29) is 0 Å². The summed E-state index contributed by atoms with van der Waals surface area (Å²) in [5, 5.41) is 3.19. The van der Waals surface area contributed by atoms with Gasteiger partial charge in [-0.25, -0.2) is 15.0 Å². The molecule has 4 rings (SSSR count). The zero-order chi connectivity index (χ0) is 17.8. The van der Waals surface area contributed by atoms with Crippen molar-refractivity contribution >= 4 is 11.6 Å². The summed E-state index contributed by atoms with van der Waals surface area (Å²) in [5.74, 6) is 2.08. The van der Waals surface area contributed by atoms with Gasteiger partial charge in [-0.3, -0.25) is 0 Å². The topological polar surface area (TPSA) is 75.7 Å². The first-order valence-corrected chi connectivity index (χ1v) is 8.17. The standard InChI is InChI=1S/C20H17N5O/c1-26-16-9-5-8-15(12-16)23-20-21-11-10-17(25-20)18-13-22-19(24-18)14-6-3-2-4-7-14/h2-13H,1H3,(H,22,24)(H,21,23,25). The lowest BCUT2D eigenvalue weighted by atomic mass is 10.2. The monoisotopic (exact) mass is 343 g/mol. The van der Waals surface area contributed by atoms with Gasteiger partial charge < -0.3 is 15.0 Å². The van der Waals surface area contributed by atoms with E-state index in [1.54, 1.807) is 19.5 Å². The molecular weight excluding hydrogens is 326 g/mol. The predicted octanol–water partition coefficient (Wildman–Crippen LogP) is 4.29. The van der Waals surface area contributed by atoms with Crippen LogP contribution in [0.1, 0.15) is 0 Å². The molecule has 6 nitrogen and oxygen atoms in total. The van der Waals surface area contributed by atoms with Gasteiger partial charge in [0.05, 0.1) is 24.7 Å². The molecule has 2 N–H and O–H groups in total. The fraction of sp³-hybridized carbons (Fsp3) is 0.0500. The second kappa shape index (κ2) is 7.06. The van der Waals surface area contributed by atoms with Gasteiger partial charge in [-0.15, -0.1) is 0 Å². The second-order valence-electron chi connectivity index (χ2n) is 5.63. The summed E-state index contributed by atoms with van der Waals surface area (Å²) in [7, 11) is 1.64. The number of nitrogens with one attached hydrogen (secondary N) is 2. The molecule has 0 spiro atoms. The van der Waals surface area contributed by atoms with Crippen molar-refractivity contribution in [1.29, 1.82) is 0 Å². The number of aromatic nitrogens is 4. The number of imidazole rings is 1. The van der Waals surface area contributed by atoms with Crippen molar-refractivity contribution in [3.8, 4) is 28.5 Å². The molecule has 4 aromatic rings. The molecule has 0 saturated heterocycles. The maximum absolute atomic E-state index is 5.24. The fourth-order valence-corrected chi connectivity index (χ4v) is 2.59. The van der Waals surface area contributed by atoms with Crippen molar-refractivity contribution in [3.63, 3.8) is 0 Å². The SMILES string of the molecule is COc1cccc(Nc2nccc(-c3cnc(-c4ccccc4)[nH]3)n2)c1. The third-order valence-corrected chi connectivity index (χ3v) is 3.88. The highest BCUT2D eigenvalue weighted by molar-refractivity contribution is 5.63. The van der Waals surface area contributed by atoms with E-state index in [2.05, 4.69) is 25.3 Å². The van der Waals surface area contributed by atoms with Crippen LogP contribution in [0.25, 0.3) is 22.8 Å². The molecule has 6 heteroatoms. The molecule has 0 amide bonds. The van der Waals surface area contributed by atoms with Crippen LogP contribution in [0.5, 0.6) is 5.75 Å². The van der Waals surface area contributed by atoms with Crippen LogP contribution in [0.3, 0.4) is 0 Å². The van der Waals surface area contributed by atoms with Gasteiger partial charge >= 0.3 is 0 Å². The third-order valence-electron chi connectivity index (χ3n) is 3.88. The van der Waals surface area contributed by atoms with Crippen LogP contribution >= 0.6 is 0 Å². The Morgan fingerprint density at radius 2 is 1.85 bits per heavy atom. The Kier molecular flexibility index (Phi) is 4.30. The van der Waals surface area contributed by atoms with Crippen LogP contribution < -0.4 is 10.1 Å². The maximum atomic E-state index is 5.24. The van der Waals surface area contributed by atoms with E-state index in [1.165, 1.54) is 0 Å². The van der Waals surface area contributed by atoms with Crippen molar-refractivity contribution in [3.05, 3.63) is 73.1 Å². The lowest BCUT2D eigenvalue weighted by Crippen LogP contribution is -1.98. The van der Waals surface area contributed by atoms with Crippen LogP contribution in [-0.2, 0) is 0 Å². The largest absolute Gasteiger partial charge is 0.497 e. The molecule has 0 unspecified atom stereocenters. The van der Waals surface area contributed by atoms with E-state index < -0.39 is 0 Å². The minimum absolute atomic E-state index is 0.506. The Bertz CT molecular complexity index is 1010. The summed E-state index contributed by atoms with van der Waals surface area (Å²) in [4.78, 5) is 16.6.